The topological polar surface area (TPSA) is 97.0 Å². The van der Waals surface area contributed by atoms with Crippen molar-refractivity contribution in [2.45, 2.75) is 32.3 Å². The third-order valence-electron chi connectivity index (χ3n) is 5.29. The van der Waals surface area contributed by atoms with Crippen LogP contribution >= 0.6 is 11.6 Å². The van der Waals surface area contributed by atoms with Crippen LogP contribution in [0.5, 0.6) is 5.75 Å². The Morgan fingerprint density at radius 1 is 1.18 bits per heavy atom. The Bertz CT molecular complexity index is 1210. The van der Waals surface area contributed by atoms with Crippen molar-refractivity contribution in [3.8, 4) is 16.9 Å². The number of benzene rings is 2. The maximum atomic E-state index is 13.9. The van der Waals surface area contributed by atoms with E-state index < -0.39 is 17.5 Å². The number of likely N-dealkylation sites (tertiary alicyclic amines) is 1. The molecule has 174 valence electrons. The molecule has 1 N–H and O–H groups in total. The monoisotopic (exact) mass is 475 g/mol. The quantitative estimate of drug-likeness (QED) is 0.432. The van der Waals surface area contributed by atoms with Gasteiger partial charge in [0.25, 0.3) is 12.4 Å². The van der Waals surface area contributed by atoms with Crippen LogP contribution in [0.2, 0.25) is 5.02 Å². The zero-order chi connectivity index (χ0) is 24.0. The summed E-state index contributed by atoms with van der Waals surface area (Å²) in [7, 11) is 0. The van der Waals surface area contributed by atoms with Gasteiger partial charge in [-0.05, 0) is 44.4 Å². The van der Waals surface area contributed by atoms with Crippen LogP contribution < -0.4 is 10.4 Å². The second-order valence-electron chi connectivity index (χ2n) is 7.49. The first-order chi connectivity index (χ1) is 15.8. The molecule has 9 heteroatoms. The van der Waals surface area contributed by atoms with E-state index in [1.807, 2.05) is 4.90 Å². The summed E-state index contributed by atoms with van der Waals surface area (Å²) < 4.78 is 25.1. The predicted octanol–water partition coefficient (Wildman–Crippen LogP) is 4.73. The van der Waals surface area contributed by atoms with Gasteiger partial charge in [-0.1, -0.05) is 23.7 Å². The highest BCUT2D eigenvalue weighted by molar-refractivity contribution is 6.33. The van der Waals surface area contributed by atoms with Gasteiger partial charge < -0.3 is 19.2 Å². The molecule has 0 bridgehead atoms. The van der Waals surface area contributed by atoms with Crippen molar-refractivity contribution in [2.75, 3.05) is 13.1 Å². The fraction of sp³-hybridized carbons (Fsp3) is 0.292. The number of piperidine rings is 1. The maximum absolute atomic E-state index is 13.9. The molecular formula is C24H23ClFNO6. The largest absolute Gasteiger partial charge is 0.483 e. The average Bonchev–Trinajstić information content (AvgIpc) is 2.80. The lowest BCUT2D eigenvalue weighted by Gasteiger charge is -2.29. The summed E-state index contributed by atoms with van der Waals surface area (Å²) in [6.07, 6.45) is 2.49. The van der Waals surface area contributed by atoms with Gasteiger partial charge in [0.05, 0.1) is 5.02 Å². The summed E-state index contributed by atoms with van der Waals surface area (Å²) in [4.78, 5) is 34.9. The Labute approximate surface area is 194 Å². The number of carboxylic acid groups (broad SMARTS) is 1. The fourth-order valence-corrected chi connectivity index (χ4v) is 4.00. The molecule has 1 aromatic heterocycles. The Hall–Kier alpha value is -3.39. The zero-order valence-electron chi connectivity index (χ0n) is 17.9. The maximum Gasteiger partial charge on any atom is 0.336 e. The lowest BCUT2D eigenvalue weighted by atomic mass is 10.0. The van der Waals surface area contributed by atoms with E-state index in [1.165, 1.54) is 18.2 Å². The highest BCUT2D eigenvalue weighted by Gasteiger charge is 2.24. The van der Waals surface area contributed by atoms with Crippen LogP contribution in [0.3, 0.4) is 0 Å². The Kier molecular flexibility index (Phi) is 8.06. The van der Waals surface area contributed by atoms with Crippen molar-refractivity contribution in [3.05, 3.63) is 63.7 Å². The highest BCUT2D eigenvalue weighted by atomic mass is 35.5. The number of amides is 1. The van der Waals surface area contributed by atoms with Crippen molar-refractivity contribution in [2.24, 2.45) is 0 Å². The summed E-state index contributed by atoms with van der Waals surface area (Å²) in [6.45, 7) is 2.95. The molecule has 7 nitrogen and oxygen atoms in total. The van der Waals surface area contributed by atoms with E-state index in [0.717, 1.165) is 32.4 Å². The van der Waals surface area contributed by atoms with Crippen LogP contribution in [0.25, 0.3) is 22.1 Å². The van der Waals surface area contributed by atoms with Gasteiger partial charge >= 0.3 is 5.63 Å². The van der Waals surface area contributed by atoms with Crippen LogP contribution in [0.4, 0.5) is 4.39 Å². The standard InChI is InChI=1S/C23H21ClFNO4.CH2O2/c1-14(23(28)26-10-3-2-4-11-26)29-15-8-9-16-18(13-21(27)30-20(16)12-15)17-6-5-7-19(25)22(17)24;2-1-3/h5-9,12-14H,2-4,10-11H2,1H3;1H,(H,2,3). The van der Waals surface area contributed by atoms with E-state index in [1.54, 1.807) is 31.2 Å². The van der Waals surface area contributed by atoms with E-state index in [-0.39, 0.29) is 23.0 Å². The molecule has 1 amide bonds. The number of carbonyl (C=O) groups is 2. The number of nitrogens with zero attached hydrogens (tertiary/aromatic N) is 1. The molecule has 2 aromatic carbocycles. The van der Waals surface area contributed by atoms with E-state index >= 15 is 0 Å². The lowest BCUT2D eigenvalue weighted by Crippen LogP contribution is -2.43. The SMILES string of the molecule is CC(Oc1ccc2c(-c3cccc(F)c3Cl)cc(=O)oc2c1)C(=O)N1CCCCC1.O=CO. The van der Waals surface area contributed by atoms with Crippen LogP contribution in [0.15, 0.2) is 51.7 Å². The normalized spacial score (nSPS) is 14.2. The first-order valence-electron chi connectivity index (χ1n) is 10.4. The lowest BCUT2D eigenvalue weighted by molar-refractivity contribution is -0.138. The molecule has 4 rings (SSSR count). The molecule has 1 saturated heterocycles. The van der Waals surface area contributed by atoms with Gasteiger partial charge in [-0.2, -0.15) is 0 Å². The van der Waals surface area contributed by atoms with E-state index in [4.69, 9.17) is 30.7 Å². The molecule has 0 aliphatic carbocycles. The number of ether oxygens (including phenoxy) is 1. The van der Waals surface area contributed by atoms with Crippen LogP contribution in [-0.4, -0.2) is 41.6 Å². The van der Waals surface area contributed by atoms with E-state index in [2.05, 4.69) is 0 Å². The fourth-order valence-electron chi connectivity index (χ4n) is 3.78. The smallest absolute Gasteiger partial charge is 0.336 e. The summed E-state index contributed by atoms with van der Waals surface area (Å²) in [5.74, 6) is -0.219. The number of fused-ring (bicyclic) bond motifs is 1. The van der Waals surface area contributed by atoms with Crippen molar-refractivity contribution in [1.82, 2.24) is 4.90 Å². The molecule has 2 heterocycles. The molecular weight excluding hydrogens is 453 g/mol. The number of hydrogen-bond donors (Lipinski definition) is 1. The minimum absolute atomic E-state index is 0.0588. The number of rotatable bonds is 4. The van der Waals surface area contributed by atoms with Gasteiger partial charge in [0.1, 0.15) is 17.1 Å². The molecule has 1 fully saturated rings. The minimum atomic E-state index is -0.659. The Balaban J connectivity index is 0.000000968. The number of halogens is 2. The summed E-state index contributed by atoms with van der Waals surface area (Å²) >= 11 is 6.11. The Morgan fingerprint density at radius 3 is 2.58 bits per heavy atom. The second-order valence-corrected chi connectivity index (χ2v) is 7.87. The van der Waals surface area contributed by atoms with Gasteiger partial charge in [-0.25, -0.2) is 9.18 Å². The third kappa shape index (κ3) is 5.70. The van der Waals surface area contributed by atoms with Crippen molar-refractivity contribution in [1.29, 1.82) is 0 Å². The van der Waals surface area contributed by atoms with Gasteiger partial charge in [-0.15, -0.1) is 0 Å². The van der Waals surface area contributed by atoms with Gasteiger partial charge in [0.15, 0.2) is 6.10 Å². The summed E-state index contributed by atoms with van der Waals surface area (Å²) in [6, 6.07) is 10.7. The first-order valence-corrected chi connectivity index (χ1v) is 10.8. The molecule has 1 aliphatic heterocycles. The summed E-state index contributed by atoms with van der Waals surface area (Å²) in [5.41, 5.74) is 0.548. The molecule has 0 radical (unpaired) electrons. The van der Waals surface area contributed by atoms with E-state index in [0.29, 0.717) is 22.3 Å². The second kappa shape index (κ2) is 11.0. The van der Waals surface area contributed by atoms with Crippen molar-refractivity contribution < 1.29 is 28.2 Å². The first kappa shape index (κ1) is 24.3. The van der Waals surface area contributed by atoms with Crippen LogP contribution in [-0.2, 0) is 9.59 Å². The summed E-state index contributed by atoms with van der Waals surface area (Å²) in [5, 5.41) is 7.41. The van der Waals surface area contributed by atoms with Crippen LogP contribution in [0, 0.1) is 5.82 Å². The van der Waals surface area contributed by atoms with Gasteiger partial charge in [0.2, 0.25) is 0 Å². The molecule has 1 atom stereocenters. The third-order valence-corrected chi connectivity index (χ3v) is 5.67. The molecule has 3 aromatic rings. The predicted molar refractivity (Wildman–Crippen MR) is 122 cm³/mol. The van der Waals surface area contributed by atoms with Gasteiger partial charge in [-0.3, -0.25) is 9.59 Å². The van der Waals surface area contributed by atoms with E-state index in [9.17, 15) is 14.0 Å². The van der Waals surface area contributed by atoms with Crippen LogP contribution in [0.1, 0.15) is 26.2 Å². The zero-order valence-corrected chi connectivity index (χ0v) is 18.7. The van der Waals surface area contributed by atoms with Gasteiger partial charge in [0, 0.05) is 41.7 Å². The van der Waals surface area contributed by atoms with Crippen molar-refractivity contribution >= 4 is 34.9 Å². The number of hydrogen-bond acceptors (Lipinski definition) is 5. The highest BCUT2D eigenvalue weighted by Crippen LogP contribution is 2.35. The average molecular weight is 476 g/mol. The molecule has 1 unspecified atom stereocenters. The van der Waals surface area contributed by atoms with Crippen molar-refractivity contribution in [3.63, 3.8) is 0 Å². The number of carbonyl (C=O) groups excluding carboxylic acids is 1. The molecule has 33 heavy (non-hydrogen) atoms. The Morgan fingerprint density at radius 2 is 1.88 bits per heavy atom. The minimum Gasteiger partial charge on any atom is -0.483 e. The molecule has 0 spiro atoms. The molecule has 1 aliphatic rings. The molecule has 0 saturated carbocycles.